The molecule has 1 N–H and O–H groups in total. The van der Waals surface area contributed by atoms with Crippen molar-refractivity contribution in [3.63, 3.8) is 0 Å². The zero-order chi connectivity index (χ0) is 16.1. The standard InChI is InChI=1S/C17H19ClN4O/c18-16-4-2-1-3-15(16)14-5-9-22(10-6-14)17(23)20-8-12-21-11-7-19-13-21/h1-5,7,11,13H,6,8-10,12H2,(H,20,23). The Morgan fingerprint density at radius 1 is 1.35 bits per heavy atom. The van der Waals surface area contributed by atoms with E-state index in [2.05, 4.69) is 16.4 Å². The number of carbonyl (C=O) groups is 1. The van der Waals surface area contributed by atoms with Gasteiger partial charge in [0.15, 0.2) is 0 Å². The summed E-state index contributed by atoms with van der Waals surface area (Å²) in [7, 11) is 0. The number of rotatable bonds is 4. The number of carbonyl (C=O) groups excluding carboxylic acids is 1. The maximum absolute atomic E-state index is 12.2. The van der Waals surface area contributed by atoms with Gasteiger partial charge in [0.2, 0.25) is 0 Å². The molecule has 1 aliphatic heterocycles. The number of urea groups is 1. The first-order valence-corrected chi connectivity index (χ1v) is 8.04. The summed E-state index contributed by atoms with van der Waals surface area (Å²) in [6.45, 7) is 2.62. The van der Waals surface area contributed by atoms with Crippen LogP contribution in [0.3, 0.4) is 0 Å². The van der Waals surface area contributed by atoms with Crippen LogP contribution < -0.4 is 5.32 Å². The Hall–Kier alpha value is -2.27. The molecule has 2 amide bonds. The van der Waals surface area contributed by atoms with Crippen LogP contribution in [0.15, 0.2) is 49.1 Å². The second-order valence-corrected chi connectivity index (χ2v) is 5.84. The molecule has 0 atom stereocenters. The molecule has 1 aromatic heterocycles. The van der Waals surface area contributed by atoms with Crippen LogP contribution in [-0.4, -0.2) is 40.1 Å². The lowest BCUT2D eigenvalue weighted by Gasteiger charge is -2.27. The van der Waals surface area contributed by atoms with E-state index in [0.717, 1.165) is 23.6 Å². The number of nitrogens with one attached hydrogen (secondary N) is 1. The molecule has 0 fully saturated rings. The highest BCUT2D eigenvalue weighted by Crippen LogP contribution is 2.28. The fourth-order valence-corrected chi connectivity index (χ4v) is 2.90. The highest BCUT2D eigenvalue weighted by molar-refractivity contribution is 6.32. The monoisotopic (exact) mass is 330 g/mol. The fraction of sp³-hybridized carbons (Fsp3) is 0.294. The summed E-state index contributed by atoms with van der Waals surface area (Å²) in [6.07, 6.45) is 8.25. The van der Waals surface area contributed by atoms with Crippen molar-refractivity contribution in [3.8, 4) is 0 Å². The van der Waals surface area contributed by atoms with E-state index >= 15 is 0 Å². The second kappa shape index (κ2) is 7.33. The van der Waals surface area contributed by atoms with E-state index in [1.807, 2.05) is 39.9 Å². The SMILES string of the molecule is O=C(NCCn1ccnc1)N1CC=C(c2ccccc2Cl)CC1. The minimum atomic E-state index is -0.0282. The zero-order valence-corrected chi connectivity index (χ0v) is 13.5. The van der Waals surface area contributed by atoms with Crippen LogP contribution in [0.4, 0.5) is 4.79 Å². The van der Waals surface area contributed by atoms with Gasteiger partial charge in [-0.05, 0) is 23.6 Å². The van der Waals surface area contributed by atoms with Crippen LogP contribution in [0.5, 0.6) is 0 Å². The lowest BCUT2D eigenvalue weighted by atomic mass is 9.99. The highest BCUT2D eigenvalue weighted by Gasteiger charge is 2.18. The summed E-state index contributed by atoms with van der Waals surface area (Å²) in [4.78, 5) is 18.0. The number of halogens is 1. The Balaban J connectivity index is 1.51. The normalized spacial score (nSPS) is 14.5. The molecule has 0 bridgehead atoms. The third kappa shape index (κ3) is 3.93. The number of hydrogen-bond donors (Lipinski definition) is 1. The van der Waals surface area contributed by atoms with Crippen molar-refractivity contribution in [2.24, 2.45) is 0 Å². The molecule has 6 heteroatoms. The molecular weight excluding hydrogens is 312 g/mol. The first-order valence-electron chi connectivity index (χ1n) is 7.66. The summed E-state index contributed by atoms with van der Waals surface area (Å²) in [5, 5.41) is 3.70. The van der Waals surface area contributed by atoms with Gasteiger partial charge >= 0.3 is 6.03 Å². The Labute approximate surface area is 140 Å². The van der Waals surface area contributed by atoms with Gasteiger partial charge in [-0.3, -0.25) is 0 Å². The van der Waals surface area contributed by atoms with Crippen molar-refractivity contribution in [3.05, 3.63) is 59.6 Å². The van der Waals surface area contributed by atoms with Crippen molar-refractivity contribution in [2.75, 3.05) is 19.6 Å². The Morgan fingerprint density at radius 3 is 2.91 bits per heavy atom. The number of hydrogen-bond acceptors (Lipinski definition) is 2. The van der Waals surface area contributed by atoms with E-state index in [-0.39, 0.29) is 6.03 Å². The molecule has 120 valence electrons. The molecule has 0 spiro atoms. The van der Waals surface area contributed by atoms with Crippen molar-refractivity contribution >= 4 is 23.2 Å². The van der Waals surface area contributed by atoms with Gasteiger partial charge in [0, 0.05) is 43.6 Å². The zero-order valence-electron chi connectivity index (χ0n) is 12.8. The van der Waals surface area contributed by atoms with Crippen LogP contribution in [0.25, 0.3) is 5.57 Å². The fourth-order valence-electron chi connectivity index (χ4n) is 2.64. The Bertz CT molecular complexity index is 696. The van der Waals surface area contributed by atoms with Gasteiger partial charge in [-0.2, -0.15) is 0 Å². The molecular formula is C17H19ClN4O. The molecule has 3 rings (SSSR count). The maximum Gasteiger partial charge on any atom is 0.317 e. The molecule has 0 aliphatic carbocycles. The van der Waals surface area contributed by atoms with E-state index in [9.17, 15) is 4.79 Å². The van der Waals surface area contributed by atoms with Crippen LogP contribution in [-0.2, 0) is 6.54 Å². The first-order chi connectivity index (χ1) is 11.2. The predicted octanol–water partition coefficient (Wildman–Crippen LogP) is 3.04. The number of aromatic nitrogens is 2. The van der Waals surface area contributed by atoms with Gasteiger partial charge in [0.05, 0.1) is 6.33 Å². The number of benzene rings is 1. The molecule has 5 nitrogen and oxygen atoms in total. The number of amides is 2. The van der Waals surface area contributed by atoms with Gasteiger partial charge in [0.1, 0.15) is 0 Å². The molecule has 0 radical (unpaired) electrons. The van der Waals surface area contributed by atoms with Crippen LogP contribution >= 0.6 is 11.6 Å². The summed E-state index contributed by atoms with van der Waals surface area (Å²) in [5.41, 5.74) is 2.27. The van der Waals surface area contributed by atoms with Gasteiger partial charge in [0.25, 0.3) is 0 Å². The largest absolute Gasteiger partial charge is 0.336 e. The van der Waals surface area contributed by atoms with Crippen LogP contribution in [0.1, 0.15) is 12.0 Å². The molecule has 23 heavy (non-hydrogen) atoms. The molecule has 1 aromatic carbocycles. The summed E-state index contributed by atoms with van der Waals surface area (Å²) < 4.78 is 1.94. The van der Waals surface area contributed by atoms with Gasteiger partial charge < -0.3 is 14.8 Å². The third-order valence-electron chi connectivity index (χ3n) is 3.92. The van der Waals surface area contributed by atoms with E-state index < -0.39 is 0 Å². The lowest BCUT2D eigenvalue weighted by Crippen LogP contribution is -2.43. The molecule has 0 saturated heterocycles. The summed E-state index contributed by atoms with van der Waals surface area (Å²) >= 11 is 6.23. The molecule has 0 unspecified atom stereocenters. The average molecular weight is 331 g/mol. The van der Waals surface area contributed by atoms with Crippen LogP contribution in [0, 0.1) is 0 Å². The van der Waals surface area contributed by atoms with E-state index in [0.29, 0.717) is 19.6 Å². The van der Waals surface area contributed by atoms with Gasteiger partial charge in [-0.1, -0.05) is 35.9 Å². The smallest absolute Gasteiger partial charge is 0.317 e. The Kier molecular flexibility index (Phi) is 4.98. The number of imidazole rings is 1. The van der Waals surface area contributed by atoms with Crippen molar-refractivity contribution < 1.29 is 4.79 Å². The third-order valence-corrected chi connectivity index (χ3v) is 4.25. The topological polar surface area (TPSA) is 50.2 Å². The number of nitrogens with zero attached hydrogens (tertiary/aromatic N) is 3. The minimum absolute atomic E-state index is 0.0282. The van der Waals surface area contributed by atoms with Crippen molar-refractivity contribution in [1.82, 2.24) is 19.8 Å². The van der Waals surface area contributed by atoms with Crippen molar-refractivity contribution in [2.45, 2.75) is 13.0 Å². The van der Waals surface area contributed by atoms with E-state index in [1.54, 1.807) is 12.5 Å². The second-order valence-electron chi connectivity index (χ2n) is 5.44. The van der Waals surface area contributed by atoms with E-state index in [4.69, 9.17) is 11.6 Å². The van der Waals surface area contributed by atoms with Gasteiger partial charge in [-0.15, -0.1) is 0 Å². The van der Waals surface area contributed by atoms with E-state index in [1.165, 1.54) is 5.57 Å². The average Bonchev–Trinajstić information content (AvgIpc) is 3.09. The van der Waals surface area contributed by atoms with Crippen molar-refractivity contribution in [1.29, 1.82) is 0 Å². The first kappa shape index (κ1) is 15.6. The quantitative estimate of drug-likeness (QED) is 0.936. The molecule has 2 heterocycles. The molecule has 1 aliphatic rings. The lowest BCUT2D eigenvalue weighted by molar-refractivity contribution is 0.202. The van der Waals surface area contributed by atoms with Crippen LogP contribution in [0.2, 0.25) is 5.02 Å². The summed E-state index contributed by atoms with van der Waals surface area (Å²) in [6, 6.07) is 7.80. The summed E-state index contributed by atoms with van der Waals surface area (Å²) in [5.74, 6) is 0. The maximum atomic E-state index is 12.2. The Morgan fingerprint density at radius 2 is 2.22 bits per heavy atom. The minimum Gasteiger partial charge on any atom is -0.336 e. The molecule has 0 saturated carbocycles. The highest BCUT2D eigenvalue weighted by atomic mass is 35.5. The van der Waals surface area contributed by atoms with Gasteiger partial charge in [-0.25, -0.2) is 9.78 Å². The predicted molar refractivity (Wildman–Crippen MR) is 91.2 cm³/mol. The molecule has 2 aromatic rings.